The first kappa shape index (κ1) is 8.80. The fraction of sp³-hybridized carbons (Fsp3) is 0.0714. The van der Waals surface area contributed by atoms with E-state index in [4.69, 9.17) is 0 Å². The van der Waals surface area contributed by atoms with Crippen molar-refractivity contribution in [3.8, 4) is 0 Å². The first-order valence-corrected chi connectivity index (χ1v) is 4.78. The van der Waals surface area contributed by atoms with Crippen molar-refractivity contribution in [1.29, 1.82) is 0 Å². The van der Waals surface area contributed by atoms with Crippen LogP contribution in [-0.4, -0.2) is 0 Å². The maximum Gasteiger partial charge on any atom is 0.0209 e. The van der Waals surface area contributed by atoms with Crippen LogP contribution in [0.3, 0.4) is 0 Å². The van der Waals surface area contributed by atoms with Crippen molar-refractivity contribution < 1.29 is 0 Å². The van der Waals surface area contributed by atoms with Crippen LogP contribution in [0.1, 0.15) is 5.56 Å². The van der Waals surface area contributed by atoms with E-state index in [1.54, 1.807) is 0 Å². The van der Waals surface area contributed by atoms with Crippen LogP contribution in [0.4, 0.5) is 0 Å². The van der Waals surface area contributed by atoms with Gasteiger partial charge in [0.25, 0.3) is 0 Å². The second kappa shape index (κ2) is 4.45. The lowest BCUT2D eigenvalue weighted by atomic mass is 10.1. The minimum Gasteiger partial charge on any atom is -0.124 e. The van der Waals surface area contributed by atoms with Crippen molar-refractivity contribution >= 4 is 6.08 Å². The maximum atomic E-state index is 3.19. The summed E-state index contributed by atoms with van der Waals surface area (Å²) < 4.78 is 0. The van der Waals surface area contributed by atoms with Gasteiger partial charge in [0, 0.05) is 5.92 Å². The second-order valence-corrected chi connectivity index (χ2v) is 3.24. The Morgan fingerprint density at radius 2 is 1.71 bits per heavy atom. The minimum atomic E-state index is 0.426. The third-order valence-electron chi connectivity index (χ3n) is 2.12. The Morgan fingerprint density at radius 3 is 2.43 bits per heavy atom. The first-order valence-electron chi connectivity index (χ1n) is 4.78. The molecule has 0 aromatic heterocycles. The van der Waals surface area contributed by atoms with Crippen LogP contribution >= 0.6 is 0 Å². The van der Waals surface area contributed by atoms with Gasteiger partial charge in [-0.05, 0) is 17.7 Å². The van der Waals surface area contributed by atoms with Crippen molar-refractivity contribution in [2.24, 2.45) is 5.92 Å². The largest absolute Gasteiger partial charge is 0.124 e. The summed E-state index contributed by atoms with van der Waals surface area (Å²) in [7, 11) is 0. The number of hydrogen-bond donors (Lipinski definition) is 0. The van der Waals surface area contributed by atoms with E-state index in [0.29, 0.717) is 5.92 Å². The molecule has 0 nitrogen and oxygen atoms in total. The molecule has 0 heterocycles. The van der Waals surface area contributed by atoms with Crippen LogP contribution in [-0.2, 0) is 0 Å². The van der Waals surface area contributed by atoms with Gasteiger partial charge >= 0.3 is 0 Å². The number of benzene rings is 1. The van der Waals surface area contributed by atoms with Crippen LogP contribution in [0.2, 0.25) is 0 Å². The maximum absolute atomic E-state index is 3.19. The zero-order valence-corrected chi connectivity index (χ0v) is 7.93. The molecule has 0 spiro atoms. The van der Waals surface area contributed by atoms with Gasteiger partial charge in [0.2, 0.25) is 0 Å². The molecule has 1 aliphatic rings. The molecule has 0 radical (unpaired) electrons. The second-order valence-electron chi connectivity index (χ2n) is 3.24. The topological polar surface area (TPSA) is 0 Å². The highest BCUT2D eigenvalue weighted by Gasteiger charge is 1.95. The molecule has 0 unspecified atom stereocenters. The molecule has 1 aromatic rings. The zero-order valence-electron chi connectivity index (χ0n) is 7.93. The van der Waals surface area contributed by atoms with E-state index in [9.17, 15) is 0 Å². The molecule has 0 bridgehead atoms. The van der Waals surface area contributed by atoms with Gasteiger partial charge in [-0.15, -0.1) is 5.73 Å². The van der Waals surface area contributed by atoms with E-state index in [1.807, 2.05) is 24.3 Å². The van der Waals surface area contributed by atoms with Crippen LogP contribution in [0, 0.1) is 5.92 Å². The van der Waals surface area contributed by atoms with Gasteiger partial charge in [-0.3, -0.25) is 0 Å². The molecule has 1 aliphatic carbocycles. The van der Waals surface area contributed by atoms with Gasteiger partial charge in [-0.25, -0.2) is 0 Å². The number of allylic oxidation sites excluding steroid dienone is 5. The molecular formula is C14H12. The standard InChI is InChI=1S/C14H12/c1-2-7-13(8-3-1)11-6-12-14-9-4-5-10-14/h1-5,7-12,14H. The molecule has 0 fully saturated rings. The van der Waals surface area contributed by atoms with Crippen molar-refractivity contribution in [1.82, 2.24) is 0 Å². The van der Waals surface area contributed by atoms with Crippen LogP contribution in [0.15, 0.2) is 66.4 Å². The Bertz CT molecular complexity index is 389. The van der Waals surface area contributed by atoms with Gasteiger partial charge in [-0.1, -0.05) is 54.6 Å². The molecule has 0 N–H and O–H groups in total. The van der Waals surface area contributed by atoms with Crippen molar-refractivity contribution in [2.45, 2.75) is 0 Å². The average Bonchev–Trinajstić information content (AvgIpc) is 2.72. The fourth-order valence-electron chi connectivity index (χ4n) is 1.36. The van der Waals surface area contributed by atoms with Crippen molar-refractivity contribution in [2.75, 3.05) is 0 Å². The summed E-state index contributed by atoms with van der Waals surface area (Å²) in [4.78, 5) is 0. The van der Waals surface area contributed by atoms with E-state index in [-0.39, 0.29) is 0 Å². The Hall–Kier alpha value is -1.78. The summed E-state index contributed by atoms with van der Waals surface area (Å²) >= 11 is 0. The van der Waals surface area contributed by atoms with Crippen LogP contribution in [0.5, 0.6) is 0 Å². The molecule has 14 heavy (non-hydrogen) atoms. The predicted octanol–water partition coefficient (Wildman–Crippen LogP) is 3.60. The lowest BCUT2D eigenvalue weighted by Crippen LogP contribution is -1.77. The third-order valence-corrected chi connectivity index (χ3v) is 2.12. The smallest absolute Gasteiger partial charge is 0.0209 e. The minimum absolute atomic E-state index is 0.426. The quantitative estimate of drug-likeness (QED) is 0.610. The highest BCUT2D eigenvalue weighted by Crippen LogP contribution is 2.09. The average molecular weight is 180 g/mol. The number of rotatable bonds is 2. The van der Waals surface area contributed by atoms with E-state index in [2.05, 4.69) is 48.2 Å². The van der Waals surface area contributed by atoms with Gasteiger partial charge in [0.05, 0.1) is 0 Å². The van der Waals surface area contributed by atoms with E-state index >= 15 is 0 Å². The molecule has 0 saturated heterocycles. The normalized spacial score (nSPS) is 14.0. The van der Waals surface area contributed by atoms with Gasteiger partial charge in [0.15, 0.2) is 0 Å². The molecule has 68 valence electrons. The molecule has 0 heteroatoms. The Balaban J connectivity index is 2.07. The Labute approximate surface area is 84.6 Å². The van der Waals surface area contributed by atoms with E-state index in [0.717, 1.165) is 0 Å². The zero-order chi connectivity index (χ0) is 9.64. The van der Waals surface area contributed by atoms with Gasteiger partial charge < -0.3 is 0 Å². The fourth-order valence-corrected chi connectivity index (χ4v) is 1.36. The summed E-state index contributed by atoms with van der Waals surface area (Å²) in [5, 5.41) is 0. The molecule has 0 saturated carbocycles. The first-order chi connectivity index (χ1) is 6.95. The SMILES string of the molecule is C(=Cc1ccccc1)=CC1C=CC=C1. The molecule has 0 aliphatic heterocycles. The van der Waals surface area contributed by atoms with Gasteiger partial charge in [-0.2, -0.15) is 0 Å². The lowest BCUT2D eigenvalue weighted by Gasteiger charge is -1.90. The van der Waals surface area contributed by atoms with Gasteiger partial charge in [0.1, 0.15) is 0 Å². The summed E-state index contributed by atoms with van der Waals surface area (Å²) in [6, 6.07) is 10.2. The summed E-state index contributed by atoms with van der Waals surface area (Å²) in [6.07, 6.45) is 12.5. The van der Waals surface area contributed by atoms with Crippen molar-refractivity contribution in [3.63, 3.8) is 0 Å². The highest BCUT2D eigenvalue weighted by atomic mass is 14.0. The summed E-state index contributed by atoms with van der Waals surface area (Å²) in [6.45, 7) is 0. The van der Waals surface area contributed by atoms with E-state index < -0.39 is 0 Å². The molecular weight excluding hydrogens is 168 g/mol. The van der Waals surface area contributed by atoms with Crippen LogP contribution < -0.4 is 0 Å². The summed E-state index contributed by atoms with van der Waals surface area (Å²) in [5.74, 6) is 0.426. The molecule has 0 atom stereocenters. The summed E-state index contributed by atoms with van der Waals surface area (Å²) in [5.41, 5.74) is 4.38. The molecule has 0 amide bonds. The number of hydrogen-bond acceptors (Lipinski definition) is 0. The highest BCUT2D eigenvalue weighted by molar-refractivity contribution is 5.48. The Morgan fingerprint density at radius 1 is 1.00 bits per heavy atom. The molecule has 2 rings (SSSR count). The predicted molar refractivity (Wildman–Crippen MR) is 60.8 cm³/mol. The van der Waals surface area contributed by atoms with E-state index in [1.165, 1.54) is 5.56 Å². The Kier molecular flexibility index (Phi) is 2.80. The third kappa shape index (κ3) is 2.35. The van der Waals surface area contributed by atoms with Crippen LogP contribution in [0.25, 0.3) is 6.08 Å². The molecule has 1 aromatic carbocycles. The van der Waals surface area contributed by atoms with Crippen molar-refractivity contribution in [3.05, 3.63) is 72.0 Å². The lowest BCUT2D eigenvalue weighted by molar-refractivity contribution is 1.10. The monoisotopic (exact) mass is 180 g/mol.